The third kappa shape index (κ3) is 2.55. The van der Waals surface area contributed by atoms with Gasteiger partial charge in [0.2, 0.25) is 6.41 Å². The minimum absolute atomic E-state index is 0.162. The molecule has 1 atom stereocenters. The lowest BCUT2D eigenvalue weighted by Crippen LogP contribution is -2.29. The van der Waals surface area contributed by atoms with E-state index in [1.807, 2.05) is 20.0 Å². The Morgan fingerprint density at radius 1 is 1.71 bits per heavy atom. The summed E-state index contributed by atoms with van der Waals surface area (Å²) in [6.07, 6.45) is 3.49. The molecule has 0 spiro atoms. The van der Waals surface area contributed by atoms with Gasteiger partial charge in [0.25, 0.3) is 0 Å². The predicted molar refractivity (Wildman–Crippen MR) is 52.7 cm³/mol. The molecule has 5 nitrogen and oxygen atoms in total. The zero-order valence-corrected chi connectivity index (χ0v) is 8.84. The number of rotatable bonds is 5. The highest BCUT2D eigenvalue weighted by Gasteiger charge is 2.10. The van der Waals surface area contributed by atoms with Gasteiger partial charge >= 0.3 is 0 Å². The average molecular weight is 196 g/mol. The molecule has 78 valence electrons. The Balaban J connectivity index is 2.55. The summed E-state index contributed by atoms with van der Waals surface area (Å²) in [7, 11) is 1.77. The summed E-state index contributed by atoms with van der Waals surface area (Å²) in [6, 6.07) is 0.162. The standard InChI is InChI=1S/C9H16N4O/c1-4-13-6-9(10-11-13)5-8(2)12(3)7-14/h6-8H,4-5H2,1-3H3. The number of hydrogen-bond acceptors (Lipinski definition) is 3. The van der Waals surface area contributed by atoms with Crippen LogP contribution in [0.4, 0.5) is 0 Å². The molecule has 0 fully saturated rings. The monoisotopic (exact) mass is 196 g/mol. The molecule has 1 amide bonds. The first-order chi connectivity index (χ1) is 6.67. The van der Waals surface area contributed by atoms with Gasteiger partial charge < -0.3 is 4.90 Å². The molecule has 0 aromatic carbocycles. The highest BCUT2D eigenvalue weighted by atomic mass is 16.1. The van der Waals surface area contributed by atoms with Crippen molar-refractivity contribution in [3.63, 3.8) is 0 Å². The topological polar surface area (TPSA) is 51.0 Å². The van der Waals surface area contributed by atoms with Crippen molar-refractivity contribution < 1.29 is 4.79 Å². The Bertz CT molecular complexity index is 297. The molecule has 5 heteroatoms. The summed E-state index contributed by atoms with van der Waals surface area (Å²) in [5, 5.41) is 7.95. The van der Waals surface area contributed by atoms with Crippen LogP contribution in [0.5, 0.6) is 0 Å². The van der Waals surface area contributed by atoms with Gasteiger partial charge in [-0.15, -0.1) is 5.10 Å². The van der Waals surface area contributed by atoms with E-state index in [2.05, 4.69) is 10.3 Å². The summed E-state index contributed by atoms with van der Waals surface area (Å²) in [6.45, 7) is 4.82. The summed E-state index contributed by atoms with van der Waals surface area (Å²) in [5.74, 6) is 0. The first kappa shape index (κ1) is 10.7. The Morgan fingerprint density at radius 3 is 2.93 bits per heavy atom. The van der Waals surface area contributed by atoms with E-state index in [9.17, 15) is 4.79 Å². The molecule has 0 saturated carbocycles. The second-order valence-electron chi connectivity index (χ2n) is 3.39. The number of carbonyl (C=O) groups excluding carboxylic acids is 1. The molecule has 0 radical (unpaired) electrons. The first-order valence-corrected chi connectivity index (χ1v) is 4.73. The highest BCUT2D eigenvalue weighted by Crippen LogP contribution is 2.02. The summed E-state index contributed by atoms with van der Waals surface area (Å²) in [4.78, 5) is 12.1. The first-order valence-electron chi connectivity index (χ1n) is 4.73. The van der Waals surface area contributed by atoms with Crippen molar-refractivity contribution in [1.82, 2.24) is 19.9 Å². The van der Waals surface area contributed by atoms with E-state index in [-0.39, 0.29) is 6.04 Å². The number of amides is 1. The van der Waals surface area contributed by atoms with E-state index in [0.717, 1.165) is 25.1 Å². The van der Waals surface area contributed by atoms with Crippen LogP contribution in [0, 0.1) is 0 Å². The number of hydrogen-bond donors (Lipinski definition) is 0. The van der Waals surface area contributed by atoms with Gasteiger partial charge in [0, 0.05) is 32.3 Å². The number of nitrogens with zero attached hydrogens (tertiary/aromatic N) is 4. The molecule has 0 aliphatic carbocycles. The Labute approximate surface area is 83.7 Å². The lowest BCUT2D eigenvalue weighted by molar-refractivity contribution is -0.118. The van der Waals surface area contributed by atoms with E-state index in [1.54, 1.807) is 16.6 Å². The Kier molecular flexibility index (Phi) is 3.62. The molecule has 14 heavy (non-hydrogen) atoms. The summed E-state index contributed by atoms with van der Waals surface area (Å²) < 4.78 is 1.78. The molecule has 1 heterocycles. The lowest BCUT2D eigenvalue weighted by atomic mass is 10.2. The van der Waals surface area contributed by atoms with Crippen molar-refractivity contribution in [2.45, 2.75) is 32.9 Å². The fourth-order valence-electron chi connectivity index (χ4n) is 1.14. The molecule has 1 aromatic rings. The van der Waals surface area contributed by atoms with Crippen LogP contribution >= 0.6 is 0 Å². The average Bonchev–Trinajstić information content (AvgIpc) is 2.64. The van der Waals surface area contributed by atoms with Crippen LogP contribution in [-0.2, 0) is 17.8 Å². The third-order valence-electron chi connectivity index (χ3n) is 2.28. The van der Waals surface area contributed by atoms with Crippen LogP contribution in [0.1, 0.15) is 19.5 Å². The number of aromatic nitrogens is 3. The molecule has 0 aliphatic rings. The fourth-order valence-corrected chi connectivity index (χ4v) is 1.14. The molecule has 0 aliphatic heterocycles. The van der Waals surface area contributed by atoms with Crippen molar-refractivity contribution in [1.29, 1.82) is 0 Å². The smallest absolute Gasteiger partial charge is 0.209 e. The second-order valence-corrected chi connectivity index (χ2v) is 3.39. The predicted octanol–water partition coefficient (Wildman–Crippen LogP) is 0.317. The molecule has 1 unspecified atom stereocenters. The maximum absolute atomic E-state index is 10.5. The highest BCUT2D eigenvalue weighted by molar-refractivity contribution is 5.46. The van der Waals surface area contributed by atoms with Gasteiger partial charge in [-0.2, -0.15) is 0 Å². The van der Waals surface area contributed by atoms with Crippen molar-refractivity contribution >= 4 is 6.41 Å². The van der Waals surface area contributed by atoms with Gasteiger partial charge in [0.15, 0.2) is 0 Å². The zero-order valence-electron chi connectivity index (χ0n) is 8.84. The normalized spacial score (nSPS) is 12.5. The molecular formula is C9H16N4O. The number of aryl methyl sites for hydroxylation is 1. The van der Waals surface area contributed by atoms with E-state index in [4.69, 9.17) is 0 Å². The molecule has 1 rings (SSSR count). The van der Waals surface area contributed by atoms with Gasteiger partial charge in [-0.1, -0.05) is 5.21 Å². The van der Waals surface area contributed by atoms with Crippen molar-refractivity contribution in [3.8, 4) is 0 Å². The quantitative estimate of drug-likeness (QED) is 0.637. The van der Waals surface area contributed by atoms with Gasteiger partial charge in [-0.05, 0) is 13.8 Å². The Hall–Kier alpha value is -1.39. The molecule has 1 aromatic heterocycles. The van der Waals surface area contributed by atoms with Crippen LogP contribution in [0.3, 0.4) is 0 Å². The van der Waals surface area contributed by atoms with Crippen LogP contribution in [0.25, 0.3) is 0 Å². The molecule has 0 N–H and O–H groups in total. The minimum atomic E-state index is 0.162. The number of carbonyl (C=O) groups is 1. The second kappa shape index (κ2) is 4.74. The van der Waals surface area contributed by atoms with Crippen LogP contribution in [0.15, 0.2) is 6.20 Å². The van der Waals surface area contributed by atoms with Crippen LogP contribution < -0.4 is 0 Å². The van der Waals surface area contributed by atoms with E-state index >= 15 is 0 Å². The minimum Gasteiger partial charge on any atom is -0.345 e. The molecule has 0 saturated heterocycles. The summed E-state index contributed by atoms with van der Waals surface area (Å²) >= 11 is 0. The summed E-state index contributed by atoms with van der Waals surface area (Å²) in [5.41, 5.74) is 0.924. The maximum atomic E-state index is 10.5. The third-order valence-corrected chi connectivity index (χ3v) is 2.28. The fraction of sp³-hybridized carbons (Fsp3) is 0.667. The lowest BCUT2D eigenvalue weighted by Gasteiger charge is -2.18. The molecule has 0 bridgehead atoms. The van der Waals surface area contributed by atoms with E-state index < -0.39 is 0 Å². The van der Waals surface area contributed by atoms with Crippen molar-refractivity contribution in [2.24, 2.45) is 0 Å². The number of likely N-dealkylation sites (N-methyl/N-ethyl adjacent to an activating group) is 1. The van der Waals surface area contributed by atoms with Crippen LogP contribution in [0.2, 0.25) is 0 Å². The zero-order chi connectivity index (χ0) is 10.6. The van der Waals surface area contributed by atoms with Crippen LogP contribution in [-0.4, -0.2) is 39.4 Å². The van der Waals surface area contributed by atoms with Gasteiger partial charge in [0.05, 0.1) is 5.69 Å². The SMILES string of the molecule is CCn1cc(CC(C)N(C)C=O)nn1. The largest absolute Gasteiger partial charge is 0.345 e. The van der Waals surface area contributed by atoms with Crippen molar-refractivity contribution in [2.75, 3.05) is 7.05 Å². The molecular weight excluding hydrogens is 180 g/mol. The van der Waals surface area contributed by atoms with Gasteiger partial charge in [0.1, 0.15) is 0 Å². The van der Waals surface area contributed by atoms with E-state index in [1.165, 1.54) is 0 Å². The maximum Gasteiger partial charge on any atom is 0.209 e. The van der Waals surface area contributed by atoms with Crippen molar-refractivity contribution in [3.05, 3.63) is 11.9 Å². The Morgan fingerprint density at radius 2 is 2.43 bits per heavy atom. The van der Waals surface area contributed by atoms with Gasteiger partial charge in [-0.3, -0.25) is 9.48 Å². The van der Waals surface area contributed by atoms with Gasteiger partial charge in [-0.25, -0.2) is 0 Å². The van der Waals surface area contributed by atoms with E-state index in [0.29, 0.717) is 0 Å².